The number of fused-ring (bicyclic) bond motifs is 1. The Morgan fingerprint density at radius 2 is 2.22 bits per heavy atom. The largest absolute Gasteiger partial charge is 0.352 e. The molecule has 6 nitrogen and oxygen atoms in total. The summed E-state index contributed by atoms with van der Waals surface area (Å²) < 4.78 is 1.89. The van der Waals surface area contributed by atoms with Gasteiger partial charge in [0.05, 0.1) is 17.5 Å². The van der Waals surface area contributed by atoms with E-state index >= 15 is 0 Å². The lowest BCUT2D eigenvalue weighted by molar-refractivity contribution is 0.0953. The van der Waals surface area contributed by atoms with Crippen LogP contribution in [0.1, 0.15) is 59.2 Å². The molecule has 2 heterocycles. The fraction of sp³-hybridized carbons (Fsp3) is 0.588. The molecule has 0 aliphatic heterocycles. The number of aromatic amines is 1. The first kappa shape index (κ1) is 15.8. The Labute approximate surface area is 136 Å². The molecule has 0 atom stereocenters. The Bertz CT molecular complexity index is 685. The molecule has 0 bridgehead atoms. The number of nitrogens with zero attached hydrogens (tertiary/aromatic N) is 3. The maximum absolute atomic E-state index is 12.3. The SMILES string of the molecule is CCCn1ncc(C(=O)NCCc2n[nH]c3c2CCCC3)c1C. The summed E-state index contributed by atoms with van der Waals surface area (Å²) >= 11 is 0. The monoisotopic (exact) mass is 315 g/mol. The van der Waals surface area contributed by atoms with Gasteiger partial charge in [-0.1, -0.05) is 6.92 Å². The third-order valence-corrected chi connectivity index (χ3v) is 4.57. The highest BCUT2D eigenvalue weighted by molar-refractivity contribution is 5.95. The lowest BCUT2D eigenvalue weighted by atomic mass is 9.95. The summed E-state index contributed by atoms with van der Waals surface area (Å²) in [4.78, 5) is 12.3. The highest BCUT2D eigenvalue weighted by Gasteiger charge is 2.17. The van der Waals surface area contributed by atoms with E-state index < -0.39 is 0 Å². The van der Waals surface area contributed by atoms with Gasteiger partial charge in [-0.2, -0.15) is 10.2 Å². The minimum Gasteiger partial charge on any atom is -0.352 e. The number of aryl methyl sites for hydroxylation is 2. The van der Waals surface area contributed by atoms with Crippen LogP contribution >= 0.6 is 0 Å². The summed E-state index contributed by atoms with van der Waals surface area (Å²) in [6.45, 7) is 5.50. The van der Waals surface area contributed by atoms with E-state index in [0.717, 1.165) is 43.6 Å². The summed E-state index contributed by atoms with van der Waals surface area (Å²) in [6, 6.07) is 0. The maximum atomic E-state index is 12.3. The number of carbonyl (C=O) groups excluding carboxylic acids is 1. The average molecular weight is 315 g/mol. The molecular formula is C17H25N5O. The number of aromatic nitrogens is 4. The zero-order valence-electron chi connectivity index (χ0n) is 14.0. The van der Waals surface area contributed by atoms with Gasteiger partial charge in [0.2, 0.25) is 0 Å². The van der Waals surface area contributed by atoms with Crippen LogP contribution in [0.4, 0.5) is 0 Å². The molecule has 2 aromatic heterocycles. The number of carbonyl (C=O) groups is 1. The molecule has 1 aliphatic carbocycles. The maximum Gasteiger partial charge on any atom is 0.254 e. The number of rotatable bonds is 6. The Kier molecular flexibility index (Phi) is 4.79. The van der Waals surface area contributed by atoms with Crippen LogP contribution in [0.5, 0.6) is 0 Å². The molecule has 2 aromatic rings. The average Bonchev–Trinajstić information content (AvgIpc) is 3.13. The van der Waals surface area contributed by atoms with Crippen molar-refractivity contribution in [2.45, 2.75) is 58.9 Å². The minimum absolute atomic E-state index is 0.0470. The van der Waals surface area contributed by atoms with E-state index in [1.165, 1.54) is 24.1 Å². The topological polar surface area (TPSA) is 75.6 Å². The lowest BCUT2D eigenvalue weighted by Gasteiger charge is -2.11. The van der Waals surface area contributed by atoms with Crippen LogP contribution in [0.15, 0.2) is 6.20 Å². The number of amides is 1. The second kappa shape index (κ2) is 6.98. The lowest BCUT2D eigenvalue weighted by Crippen LogP contribution is -2.26. The molecule has 0 aromatic carbocycles. The van der Waals surface area contributed by atoms with Gasteiger partial charge < -0.3 is 5.32 Å². The quantitative estimate of drug-likeness (QED) is 0.858. The van der Waals surface area contributed by atoms with Crippen molar-refractivity contribution >= 4 is 5.91 Å². The summed E-state index contributed by atoms with van der Waals surface area (Å²) in [7, 11) is 0. The first-order chi connectivity index (χ1) is 11.2. The molecule has 0 radical (unpaired) electrons. The number of hydrogen-bond acceptors (Lipinski definition) is 3. The van der Waals surface area contributed by atoms with Crippen molar-refractivity contribution in [2.24, 2.45) is 0 Å². The Morgan fingerprint density at radius 1 is 1.39 bits per heavy atom. The van der Waals surface area contributed by atoms with Crippen LogP contribution in [0, 0.1) is 6.92 Å². The normalized spacial score (nSPS) is 13.8. The summed E-state index contributed by atoms with van der Waals surface area (Å²) in [5, 5.41) is 14.8. The molecule has 0 unspecified atom stereocenters. The van der Waals surface area contributed by atoms with Crippen LogP contribution in [-0.2, 0) is 25.8 Å². The third-order valence-electron chi connectivity index (χ3n) is 4.57. The van der Waals surface area contributed by atoms with Crippen molar-refractivity contribution in [1.29, 1.82) is 0 Å². The van der Waals surface area contributed by atoms with E-state index in [2.05, 4.69) is 27.5 Å². The molecule has 0 fully saturated rings. The number of hydrogen-bond donors (Lipinski definition) is 2. The highest BCUT2D eigenvalue weighted by Crippen LogP contribution is 2.22. The van der Waals surface area contributed by atoms with Gasteiger partial charge in [0.15, 0.2) is 0 Å². The zero-order valence-corrected chi connectivity index (χ0v) is 14.0. The fourth-order valence-electron chi connectivity index (χ4n) is 3.25. The second-order valence-electron chi connectivity index (χ2n) is 6.21. The minimum atomic E-state index is -0.0470. The molecule has 0 saturated carbocycles. The zero-order chi connectivity index (χ0) is 16.2. The molecule has 1 amide bonds. The van der Waals surface area contributed by atoms with Gasteiger partial charge >= 0.3 is 0 Å². The van der Waals surface area contributed by atoms with Crippen LogP contribution in [0.25, 0.3) is 0 Å². The van der Waals surface area contributed by atoms with Crippen molar-refractivity contribution in [3.8, 4) is 0 Å². The standard InChI is InChI=1S/C17H25N5O/c1-3-10-22-12(2)14(11-19-22)17(23)18-9-8-16-13-6-4-5-7-15(13)20-21-16/h11H,3-10H2,1-2H3,(H,18,23)(H,20,21). The van der Waals surface area contributed by atoms with Gasteiger partial charge in [0.25, 0.3) is 5.91 Å². The van der Waals surface area contributed by atoms with Gasteiger partial charge in [-0.3, -0.25) is 14.6 Å². The van der Waals surface area contributed by atoms with Gasteiger partial charge in [0.1, 0.15) is 0 Å². The van der Waals surface area contributed by atoms with Crippen LogP contribution in [-0.4, -0.2) is 32.4 Å². The second-order valence-corrected chi connectivity index (χ2v) is 6.21. The van der Waals surface area contributed by atoms with Crippen LogP contribution in [0.2, 0.25) is 0 Å². The van der Waals surface area contributed by atoms with E-state index in [1.807, 2.05) is 11.6 Å². The predicted molar refractivity (Wildman–Crippen MR) is 88.5 cm³/mol. The number of nitrogens with one attached hydrogen (secondary N) is 2. The predicted octanol–water partition coefficient (Wildman–Crippen LogP) is 2.18. The van der Waals surface area contributed by atoms with E-state index in [4.69, 9.17) is 0 Å². The first-order valence-electron chi connectivity index (χ1n) is 8.56. The van der Waals surface area contributed by atoms with E-state index in [0.29, 0.717) is 12.1 Å². The van der Waals surface area contributed by atoms with E-state index in [1.54, 1.807) is 6.20 Å². The molecule has 0 spiro atoms. The third kappa shape index (κ3) is 3.30. The summed E-state index contributed by atoms with van der Waals surface area (Å²) in [6.07, 6.45) is 8.14. The van der Waals surface area contributed by atoms with Crippen molar-refractivity contribution in [2.75, 3.05) is 6.54 Å². The fourth-order valence-corrected chi connectivity index (χ4v) is 3.25. The smallest absolute Gasteiger partial charge is 0.254 e. The van der Waals surface area contributed by atoms with Crippen LogP contribution < -0.4 is 5.32 Å². The Morgan fingerprint density at radius 3 is 3.04 bits per heavy atom. The van der Waals surface area contributed by atoms with Gasteiger partial charge in [-0.05, 0) is 44.6 Å². The van der Waals surface area contributed by atoms with Gasteiger partial charge in [0, 0.05) is 30.9 Å². The highest BCUT2D eigenvalue weighted by atomic mass is 16.1. The molecule has 124 valence electrons. The van der Waals surface area contributed by atoms with Crippen molar-refractivity contribution in [1.82, 2.24) is 25.3 Å². The van der Waals surface area contributed by atoms with Crippen molar-refractivity contribution < 1.29 is 4.79 Å². The van der Waals surface area contributed by atoms with Gasteiger partial charge in [-0.15, -0.1) is 0 Å². The molecule has 0 saturated heterocycles. The Hall–Kier alpha value is -2.11. The molecular weight excluding hydrogens is 290 g/mol. The summed E-state index contributed by atoms with van der Waals surface area (Å²) in [5.41, 5.74) is 5.37. The van der Waals surface area contributed by atoms with E-state index in [-0.39, 0.29) is 5.91 Å². The molecule has 23 heavy (non-hydrogen) atoms. The van der Waals surface area contributed by atoms with Crippen molar-refractivity contribution in [3.63, 3.8) is 0 Å². The van der Waals surface area contributed by atoms with Gasteiger partial charge in [-0.25, -0.2) is 0 Å². The summed E-state index contributed by atoms with van der Waals surface area (Å²) in [5.74, 6) is -0.0470. The van der Waals surface area contributed by atoms with Crippen LogP contribution in [0.3, 0.4) is 0 Å². The van der Waals surface area contributed by atoms with E-state index in [9.17, 15) is 4.79 Å². The molecule has 3 rings (SSSR count). The molecule has 6 heteroatoms. The molecule has 1 aliphatic rings. The first-order valence-corrected chi connectivity index (χ1v) is 8.56. The molecule has 2 N–H and O–H groups in total. The van der Waals surface area contributed by atoms with Crippen molar-refractivity contribution in [3.05, 3.63) is 34.4 Å². The number of H-pyrrole nitrogens is 1. The Balaban J connectivity index is 1.56.